The molecular weight excluding hydrogens is 330 g/mol. The van der Waals surface area contributed by atoms with E-state index in [1.165, 1.54) is 37.5 Å². The minimum absolute atomic E-state index is 0.00616. The molecule has 0 aliphatic rings. The zero-order valence-corrected chi connectivity index (χ0v) is 13.2. The van der Waals surface area contributed by atoms with Gasteiger partial charge in [0, 0.05) is 5.69 Å². The maximum atomic E-state index is 12.2. The molecule has 7 heteroatoms. The van der Waals surface area contributed by atoms with Gasteiger partial charge < -0.3 is 14.8 Å². The molecule has 0 aliphatic heterocycles. The Morgan fingerprint density at radius 3 is 2.24 bits per heavy atom. The van der Waals surface area contributed by atoms with E-state index in [2.05, 4.69) is 10.1 Å². The maximum absolute atomic E-state index is 12.2. The molecule has 5 nitrogen and oxygen atoms in total. The van der Waals surface area contributed by atoms with E-state index in [1.807, 2.05) is 6.07 Å². The lowest BCUT2D eigenvalue weighted by Gasteiger charge is -2.06. The van der Waals surface area contributed by atoms with Crippen LogP contribution in [0.4, 0.5) is 14.5 Å². The number of benzene rings is 2. The van der Waals surface area contributed by atoms with Gasteiger partial charge in [-0.25, -0.2) is 0 Å². The quantitative estimate of drug-likeness (QED) is 0.638. The van der Waals surface area contributed by atoms with E-state index in [-0.39, 0.29) is 11.3 Å². The van der Waals surface area contributed by atoms with E-state index in [9.17, 15) is 13.6 Å². The summed E-state index contributed by atoms with van der Waals surface area (Å²) in [5.41, 5.74) is 0.883. The summed E-state index contributed by atoms with van der Waals surface area (Å²) in [4.78, 5) is 12.2. The van der Waals surface area contributed by atoms with Crippen LogP contribution in [0, 0.1) is 11.3 Å². The number of halogens is 2. The minimum atomic E-state index is -2.91. The average molecular weight is 344 g/mol. The van der Waals surface area contributed by atoms with Crippen LogP contribution in [0.3, 0.4) is 0 Å². The molecule has 25 heavy (non-hydrogen) atoms. The number of nitrogens with zero attached hydrogens (tertiary/aromatic N) is 1. The Hall–Kier alpha value is -3.40. The highest BCUT2D eigenvalue weighted by Crippen LogP contribution is 2.18. The summed E-state index contributed by atoms with van der Waals surface area (Å²) in [5.74, 6) is 0.0501. The first kappa shape index (κ1) is 17.9. The number of nitriles is 1. The number of anilines is 1. The number of nitrogens with one attached hydrogen (secondary N) is 1. The molecule has 0 spiro atoms. The first-order valence-electron chi connectivity index (χ1n) is 7.14. The molecular formula is C18H14F2N2O3. The van der Waals surface area contributed by atoms with Gasteiger partial charge in [-0.3, -0.25) is 4.79 Å². The normalized spacial score (nSPS) is 10.9. The standard InChI is InChI=1S/C18H14F2N2O3/c1-24-15-8-4-14(5-9-15)22-17(23)13(11-21)10-12-2-6-16(7-3-12)25-18(19)20/h2-10,18H,1H3,(H,22,23)/b13-10+. The molecule has 128 valence electrons. The number of carbonyl (C=O) groups is 1. The van der Waals surface area contributed by atoms with Gasteiger partial charge in [-0.15, -0.1) is 0 Å². The molecule has 0 heterocycles. The fourth-order valence-corrected chi connectivity index (χ4v) is 1.93. The fraction of sp³-hybridized carbons (Fsp3) is 0.111. The zero-order valence-electron chi connectivity index (χ0n) is 13.2. The van der Waals surface area contributed by atoms with Crippen molar-refractivity contribution in [3.05, 3.63) is 59.7 Å². The highest BCUT2D eigenvalue weighted by atomic mass is 19.3. The summed E-state index contributed by atoms with van der Waals surface area (Å²) in [7, 11) is 1.53. The van der Waals surface area contributed by atoms with Crippen LogP contribution in [0.15, 0.2) is 54.1 Å². The molecule has 0 bridgehead atoms. The SMILES string of the molecule is COc1ccc(NC(=O)/C(C#N)=C/c2ccc(OC(F)F)cc2)cc1. The van der Waals surface area contributed by atoms with E-state index in [1.54, 1.807) is 24.3 Å². The predicted octanol–water partition coefficient (Wildman–Crippen LogP) is 3.84. The summed E-state index contributed by atoms with van der Waals surface area (Å²) in [6.07, 6.45) is 1.35. The average Bonchev–Trinajstić information content (AvgIpc) is 2.61. The van der Waals surface area contributed by atoms with Gasteiger partial charge in [0.15, 0.2) is 0 Å². The molecule has 2 aromatic carbocycles. The van der Waals surface area contributed by atoms with Gasteiger partial charge in [0.05, 0.1) is 7.11 Å². The second-order valence-electron chi connectivity index (χ2n) is 4.80. The number of hydrogen-bond donors (Lipinski definition) is 1. The number of amides is 1. The Kier molecular flexibility index (Phi) is 6.07. The Morgan fingerprint density at radius 1 is 1.12 bits per heavy atom. The summed E-state index contributed by atoms with van der Waals surface area (Å²) in [6.45, 7) is -2.91. The third-order valence-corrected chi connectivity index (χ3v) is 3.13. The Balaban J connectivity index is 2.10. The van der Waals surface area contributed by atoms with E-state index in [0.29, 0.717) is 17.0 Å². The highest BCUT2D eigenvalue weighted by Gasteiger charge is 2.10. The van der Waals surface area contributed by atoms with Crippen molar-refractivity contribution in [1.82, 2.24) is 0 Å². The lowest BCUT2D eigenvalue weighted by atomic mass is 10.1. The summed E-state index contributed by atoms with van der Waals surface area (Å²) < 4.78 is 33.5. The molecule has 0 radical (unpaired) electrons. The molecule has 0 unspecified atom stereocenters. The van der Waals surface area contributed by atoms with Crippen molar-refractivity contribution in [2.75, 3.05) is 12.4 Å². The van der Waals surface area contributed by atoms with Crippen LogP contribution < -0.4 is 14.8 Å². The molecule has 0 fully saturated rings. The van der Waals surface area contributed by atoms with Crippen LogP contribution in [0.25, 0.3) is 6.08 Å². The lowest BCUT2D eigenvalue weighted by molar-refractivity contribution is -0.112. The van der Waals surface area contributed by atoms with Gasteiger partial charge in [0.1, 0.15) is 23.1 Å². The number of rotatable bonds is 6. The largest absolute Gasteiger partial charge is 0.497 e. The van der Waals surface area contributed by atoms with Crippen LogP contribution in [-0.4, -0.2) is 19.6 Å². The predicted molar refractivity (Wildman–Crippen MR) is 88.3 cm³/mol. The first-order valence-corrected chi connectivity index (χ1v) is 7.14. The van der Waals surface area contributed by atoms with Crippen LogP contribution in [0.1, 0.15) is 5.56 Å². The highest BCUT2D eigenvalue weighted by molar-refractivity contribution is 6.09. The number of ether oxygens (including phenoxy) is 2. The maximum Gasteiger partial charge on any atom is 0.387 e. The summed E-state index contributed by atoms with van der Waals surface area (Å²) >= 11 is 0. The zero-order chi connectivity index (χ0) is 18.2. The summed E-state index contributed by atoms with van der Waals surface area (Å²) in [5, 5.41) is 11.8. The van der Waals surface area contributed by atoms with Crippen molar-refractivity contribution in [2.45, 2.75) is 6.61 Å². The van der Waals surface area contributed by atoms with Crippen molar-refractivity contribution >= 4 is 17.7 Å². The third-order valence-electron chi connectivity index (χ3n) is 3.13. The number of alkyl halides is 2. The van der Waals surface area contributed by atoms with Gasteiger partial charge in [-0.1, -0.05) is 12.1 Å². The molecule has 1 N–H and O–H groups in total. The van der Waals surface area contributed by atoms with Crippen LogP contribution in [0.2, 0.25) is 0 Å². The molecule has 0 aliphatic carbocycles. The topological polar surface area (TPSA) is 71.3 Å². The van der Waals surface area contributed by atoms with Gasteiger partial charge in [0.2, 0.25) is 0 Å². The Labute approximate surface area is 143 Å². The van der Waals surface area contributed by atoms with Crippen molar-refractivity contribution in [1.29, 1.82) is 5.26 Å². The number of methoxy groups -OCH3 is 1. The second-order valence-corrected chi connectivity index (χ2v) is 4.80. The van der Waals surface area contributed by atoms with Crippen LogP contribution in [-0.2, 0) is 4.79 Å². The van der Waals surface area contributed by atoms with Gasteiger partial charge in [-0.2, -0.15) is 14.0 Å². The smallest absolute Gasteiger partial charge is 0.387 e. The fourth-order valence-electron chi connectivity index (χ4n) is 1.93. The molecule has 1 amide bonds. The van der Waals surface area contributed by atoms with Crippen molar-refractivity contribution < 1.29 is 23.0 Å². The molecule has 2 aromatic rings. The van der Waals surface area contributed by atoms with E-state index in [0.717, 1.165) is 0 Å². The van der Waals surface area contributed by atoms with E-state index >= 15 is 0 Å². The second kappa shape index (κ2) is 8.45. The van der Waals surface area contributed by atoms with Crippen molar-refractivity contribution in [2.24, 2.45) is 0 Å². The van der Waals surface area contributed by atoms with Crippen molar-refractivity contribution in [3.63, 3.8) is 0 Å². The van der Waals surface area contributed by atoms with E-state index < -0.39 is 12.5 Å². The van der Waals surface area contributed by atoms with Gasteiger partial charge >= 0.3 is 6.61 Å². The molecule has 0 atom stereocenters. The van der Waals surface area contributed by atoms with Crippen LogP contribution >= 0.6 is 0 Å². The van der Waals surface area contributed by atoms with Gasteiger partial charge in [-0.05, 0) is 48.0 Å². The van der Waals surface area contributed by atoms with E-state index in [4.69, 9.17) is 10.00 Å². The Morgan fingerprint density at radius 2 is 1.72 bits per heavy atom. The Bertz CT molecular complexity index is 795. The van der Waals surface area contributed by atoms with Crippen LogP contribution in [0.5, 0.6) is 11.5 Å². The molecule has 2 rings (SSSR count). The number of carbonyl (C=O) groups excluding carboxylic acids is 1. The molecule has 0 saturated heterocycles. The van der Waals surface area contributed by atoms with Gasteiger partial charge in [0.25, 0.3) is 5.91 Å². The van der Waals surface area contributed by atoms with Crippen molar-refractivity contribution in [3.8, 4) is 17.6 Å². The summed E-state index contributed by atoms with van der Waals surface area (Å²) in [6, 6.07) is 14.0. The first-order chi connectivity index (χ1) is 12.0. The monoisotopic (exact) mass is 344 g/mol. The lowest BCUT2D eigenvalue weighted by Crippen LogP contribution is -2.13. The molecule has 0 aromatic heterocycles. The third kappa shape index (κ3) is 5.32. The molecule has 0 saturated carbocycles. The number of hydrogen-bond acceptors (Lipinski definition) is 4. The minimum Gasteiger partial charge on any atom is -0.497 e.